The van der Waals surface area contributed by atoms with Crippen LogP contribution in [-0.2, 0) is 9.59 Å². The zero-order chi connectivity index (χ0) is 13.6. The Morgan fingerprint density at radius 3 is 2.22 bits per heavy atom. The highest BCUT2D eigenvalue weighted by molar-refractivity contribution is 6.05. The lowest BCUT2D eigenvalue weighted by Crippen LogP contribution is -2.35. The van der Waals surface area contributed by atoms with E-state index < -0.39 is 5.41 Å². The van der Waals surface area contributed by atoms with Gasteiger partial charge in [-0.2, -0.15) is 0 Å². The molecule has 1 N–H and O–H groups in total. The van der Waals surface area contributed by atoms with Gasteiger partial charge in [-0.25, -0.2) is 0 Å². The van der Waals surface area contributed by atoms with E-state index in [-0.39, 0.29) is 18.4 Å². The van der Waals surface area contributed by atoms with Crippen molar-refractivity contribution >= 4 is 11.8 Å². The van der Waals surface area contributed by atoms with Crippen LogP contribution in [-0.4, -0.2) is 35.0 Å². The number of carbonyl (C=O) groups excluding carboxylic acids is 2. The average molecular weight is 255 g/mol. The Morgan fingerprint density at radius 1 is 1.11 bits per heavy atom. The van der Waals surface area contributed by atoms with Gasteiger partial charge in [-0.05, 0) is 25.7 Å². The standard InChI is InChI=1S/C14H25NO3/c1-3-14(4-2)11-12(17)15(13(14)18)9-7-5-6-8-10-16/h16H,3-11H2,1-2H3. The molecule has 4 heteroatoms. The molecule has 0 atom stereocenters. The van der Waals surface area contributed by atoms with Crippen LogP contribution in [0.25, 0.3) is 0 Å². The van der Waals surface area contributed by atoms with Crippen molar-refractivity contribution in [1.82, 2.24) is 4.90 Å². The van der Waals surface area contributed by atoms with Crippen molar-refractivity contribution in [1.29, 1.82) is 0 Å². The highest BCUT2D eigenvalue weighted by Gasteiger charge is 2.48. The van der Waals surface area contributed by atoms with Gasteiger partial charge in [-0.15, -0.1) is 0 Å². The summed E-state index contributed by atoms with van der Waals surface area (Å²) in [5, 5.41) is 8.68. The van der Waals surface area contributed by atoms with E-state index in [0.29, 0.717) is 13.0 Å². The summed E-state index contributed by atoms with van der Waals surface area (Å²) in [6.07, 6.45) is 5.44. The summed E-state index contributed by atoms with van der Waals surface area (Å²) in [4.78, 5) is 25.6. The Morgan fingerprint density at radius 2 is 1.72 bits per heavy atom. The minimum absolute atomic E-state index is 0.00846. The van der Waals surface area contributed by atoms with E-state index in [4.69, 9.17) is 5.11 Å². The van der Waals surface area contributed by atoms with E-state index in [2.05, 4.69) is 0 Å². The van der Waals surface area contributed by atoms with Crippen molar-refractivity contribution in [3.63, 3.8) is 0 Å². The fourth-order valence-electron chi connectivity index (χ4n) is 2.62. The molecule has 1 aliphatic heterocycles. The molecule has 4 nitrogen and oxygen atoms in total. The molecule has 1 rings (SSSR count). The first-order chi connectivity index (χ1) is 8.61. The summed E-state index contributed by atoms with van der Waals surface area (Å²) < 4.78 is 0. The number of hydrogen-bond donors (Lipinski definition) is 1. The van der Waals surface area contributed by atoms with Crippen molar-refractivity contribution < 1.29 is 14.7 Å². The predicted molar refractivity (Wildman–Crippen MR) is 69.9 cm³/mol. The van der Waals surface area contributed by atoms with Gasteiger partial charge >= 0.3 is 0 Å². The van der Waals surface area contributed by atoms with Gasteiger partial charge < -0.3 is 5.11 Å². The zero-order valence-electron chi connectivity index (χ0n) is 11.6. The van der Waals surface area contributed by atoms with Crippen molar-refractivity contribution in [3.8, 4) is 0 Å². The molecule has 2 amide bonds. The minimum atomic E-state index is -0.428. The number of hydrogen-bond acceptors (Lipinski definition) is 3. The molecule has 0 aromatic heterocycles. The number of amides is 2. The number of nitrogens with zero attached hydrogens (tertiary/aromatic N) is 1. The van der Waals surface area contributed by atoms with E-state index in [1.165, 1.54) is 4.90 Å². The third-order valence-corrected chi connectivity index (χ3v) is 4.13. The van der Waals surface area contributed by atoms with Crippen molar-refractivity contribution in [2.24, 2.45) is 5.41 Å². The first-order valence-corrected chi connectivity index (χ1v) is 7.07. The van der Waals surface area contributed by atoms with Crippen LogP contribution in [0.5, 0.6) is 0 Å². The SMILES string of the molecule is CCC1(CC)CC(=O)N(CCCCCCO)C1=O. The van der Waals surface area contributed by atoms with Crippen LogP contribution in [0, 0.1) is 5.41 Å². The van der Waals surface area contributed by atoms with Crippen LogP contribution < -0.4 is 0 Å². The number of aliphatic hydroxyl groups is 1. The lowest BCUT2D eigenvalue weighted by molar-refractivity contribution is -0.141. The monoisotopic (exact) mass is 255 g/mol. The number of likely N-dealkylation sites (tertiary alicyclic amines) is 1. The maximum absolute atomic E-state index is 12.3. The van der Waals surface area contributed by atoms with E-state index in [1.807, 2.05) is 13.8 Å². The Kier molecular flexibility index (Phi) is 5.79. The molecular weight excluding hydrogens is 230 g/mol. The number of imide groups is 1. The van der Waals surface area contributed by atoms with Crippen LogP contribution in [0.15, 0.2) is 0 Å². The van der Waals surface area contributed by atoms with E-state index >= 15 is 0 Å². The van der Waals surface area contributed by atoms with Gasteiger partial charge in [0.1, 0.15) is 0 Å². The van der Waals surface area contributed by atoms with Crippen LogP contribution in [0.3, 0.4) is 0 Å². The van der Waals surface area contributed by atoms with Gasteiger partial charge in [0.25, 0.3) is 0 Å². The van der Waals surface area contributed by atoms with Gasteiger partial charge in [-0.1, -0.05) is 26.7 Å². The quantitative estimate of drug-likeness (QED) is 0.534. The molecule has 104 valence electrons. The number of aliphatic hydroxyl groups excluding tert-OH is 1. The lowest BCUT2D eigenvalue weighted by atomic mass is 9.81. The highest BCUT2D eigenvalue weighted by Crippen LogP contribution is 2.39. The minimum Gasteiger partial charge on any atom is -0.396 e. The molecule has 0 bridgehead atoms. The van der Waals surface area contributed by atoms with Crippen molar-refractivity contribution in [3.05, 3.63) is 0 Å². The Balaban J connectivity index is 2.47. The molecule has 0 aromatic rings. The maximum atomic E-state index is 12.3. The van der Waals surface area contributed by atoms with E-state index in [0.717, 1.165) is 38.5 Å². The third-order valence-electron chi connectivity index (χ3n) is 4.13. The van der Waals surface area contributed by atoms with Gasteiger partial charge in [0.05, 0.1) is 5.41 Å². The number of unbranched alkanes of at least 4 members (excludes halogenated alkanes) is 3. The normalized spacial score (nSPS) is 18.7. The molecule has 1 heterocycles. The molecule has 18 heavy (non-hydrogen) atoms. The smallest absolute Gasteiger partial charge is 0.235 e. The van der Waals surface area contributed by atoms with E-state index in [1.54, 1.807) is 0 Å². The molecular formula is C14H25NO3. The first kappa shape index (κ1) is 15.2. The van der Waals surface area contributed by atoms with Crippen LogP contribution in [0.1, 0.15) is 58.8 Å². The van der Waals surface area contributed by atoms with Crippen LogP contribution in [0.4, 0.5) is 0 Å². The largest absolute Gasteiger partial charge is 0.396 e. The fraction of sp³-hybridized carbons (Fsp3) is 0.857. The van der Waals surface area contributed by atoms with Gasteiger partial charge in [0.15, 0.2) is 0 Å². The molecule has 1 aliphatic rings. The predicted octanol–water partition coefficient (Wildman–Crippen LogP) is 2.10. The Labute approximate surface area is 109 Å². The topological polar surface area (TPSA) is 57.6 Å². The van der Waals surface area contributed by atoms with Gasteiger partial charge in [0.2, 0.25) is 11.8 Å². The second-order valence-corrected chi connectivity index (χ2v) is 5.15. The van der Waals surface area contributed by atoms with Crippen LogP contribution >= 0.6 is 0 Å². The molecule has 1 fully saturated rings. The second-order valence-electron chi connectivity index (χ2n) is 5.15. The van der Waals surface area contributed by atoms with Gasteiger partial charge in [0, 0.05) is 19.6 Å². The summed E-state index contributed by atoms with van der Waals surface area (Å²) in [7, 11) is 0. The third kappa shape index (κ3) is 3.10. The highest BCUT2D eigenvalue weighted by atomic mass is 16.3. The molecule has 0 aromatic carbocycles. The molecule has 1 saturated heterocycles. The van der Waals surface area contributed by atoms with E-state index in [9.17, 15) is 9.59 Å². The van der Waals surface area contributed by atoms with Gasteiger partial charge in [-0.3, -0.25) is 14.5 Å². The summed E-state index contributed by atoms with van der Waals surface area (Å²) in [6.45, 7) is 4.74. The second kappa shape index (κ2) is 6.88. The molecule has 0 saturated carbocycles. The van der Waals surface area contributed by atoms with Crippen molar-refractivity contribution in [2.75, 3.05) is 13.2 Å². The summed E-state index contributed by atoms with van der Waals surface area (Å²) >= 11 is 0. The summed E-state index contributed by atoms with van der Waals surface area (Å²) in [5.41, 5.74) is -0.428. The fourth-order valence-corrected chi connectivity index (χ4v) is 2.62. The Bertz CT molecular complexity index is 297. The first-order valence-electron chi connectivity index (χ1n) is 7.07. The van der Waals surface area contributed by atoms with Crippen LogP contribution in [0.2, 0.25) is 0 Å². The molecule has 0 aliphatic carbocycles. The number of carbonyl (C=O) groups is 2. The summed E-state index contributed by atoms with van der Waals surface area (Å²) in [6, 6.07) is 0. The molecule has 0 radical (unpaired) electrons. The molecule has 0 spiro atoms. The average Bonchev–Trinajstić information content (AvgIpc) is 2.62. The maximum Gasteiger partial charge on any atom is 0.235 e. The Hall–Kier alpha value is -0.900. The lowest BCUT2D eigenvalue weighted by Gasteiger charge is -2.23. The summed E-state index contributed by atoms with van der Waals surface area (Å²) in [5.74, 6) is 0.0190. The van der Waals surface area contributed by atoms with Crippen molar-refractivity contribution in [2.45, 2.75) is 58.8 Å². The number of rotatable bonds is 8. The zero-order valence-corrected chi connectivity index (χ0v) is 11.6. The molecule has 0 unspecified atom stereocenters.